The number of aliphatic hydroxyl groups is 1. The van der Waals surface area contributed by atoms with E-state index in [-0.39, 0.29) is 0 Å². The van der Waals surface area contributed by atoms with E-state index >= 15 is 0 Å². The van der Waals surface area contributed by atoms with Gasteiger partial charge in [-0.05, 0) is 25.7 Å². The normalized spacial score (nSPS) is 43.2. The summed E-state index contributed by atoms with van der Waals surface area (Å²) in [4.78, 5) is 0. The molecule has 0 amide bonds. The quantitative estimate of drug-likeness (QED) is 0.593. The van der Waals surface area contributed by atoms with Crippen molar-refractivity contribution in [3.05, 3.63) is 0 Å². The van der Waals surface area contributed by atoms with Crippen LogP contribution in [-0.2, 0) is 9.47 Å². The first-order valence-electron chi connectivity index (χ1n) is 4.79. The first-order chi connectivity index (χ1) is 5.83. The van der Waals surface area contributed by atoms with Crippen molar-refractivity contribution < 1.29 is 14.6 Å². The summed E-state index contributed by atoms with van der Waals surface area (Å²) in [7, 11) is 0. The zero-order valence-corrected chi connectivity index (χ0v) is 7.29. The topological polar surface area (TPSA) is 38.7 Å². The van der Waals surface area contributed by atoms with Crippen molar-refractivity contribution in [2.45, 2.75) is 44.0 Å². The van der Waals surface area contributed by atoms with Crippen LogP contribution < -0.4 is 0 Å². The lowest BCUT2D eigenvalue weighted by atomic mass is 9.94. The van der Waals surface area contributed by atoms with E-state index in [9.17, 15) is 5.11 Å². The van der Waals surface area contributed by atoms with Gasteiger partial charge in [0, 0.05) is 6.42 Å². The van der Waals surface area contributed by atoms with Crippen molar-refractivity contribution in [3.63, 3.8) is 0 Å². The number of hydrogen-bond acceptors (Lipinski definition) is 3. The smallest absolute Gasteiger partial charge is 0.194 e. The minimum atomic E-state index is -0.628. The van der Waals surface area contributed by atoms with E-state index in [1.807, 2.05) is 0 Å². The third kappa shape index (κ3) is 1.37. The Labute approximate surface area is 72.7 Å². The molecule has 70 valence electrons. The molecule has 0 aliphatic carbocycles. The van der Waals surface area contributed by atoms with Crippen LogP contribution >= 0.6 is 0 Å². The van der Waals surface area contributed by atoms with E-state index in [2.05, 4.69) is 0 Å². The zero-order valence-electron chi connectivity index (χ0n) is 7.29. The fourth-order valence-electron chi connectivity index (χ4n) is 2.00. The molecule has 0 aromatic carbocycles. The summed E-state index contributed by atoms with van der Waals surface area (Å²) in [5, 5.41) is 9.73. The molecule has 2 atom stereocenters. The highest BCUT2D eigenvalue weighted by molar-refractivity contribution is 4.84. The van der Waals surface area contributed by atoms with E-state index in [4.69, 9.17) is 9.47 Å². The summed E-state index contributed by atoms with van der Waals surface area (Å²) in [6.45, 7) is 1.47. The Hall–Kier alpha value is -0.120. The SMILES string of the molecule is O[C@@H]1CCCO[C@@]12CCCCO2. The van der Waals surface area contributed by atoms with Gasteiger partial charge in [0.1, 0.15) is 6.10 Å². The maximum Gasteiger partial charge on any atom is 0.194 e. The van der Waals surface area contributed by atoms with Crippen LogP contribution in [0.2, 0.25) is 0 Å². The molecule has 0 saturated carbocycles. The van der Waals surface area contributed by atoms with Crippen molar-refractivity contribution in [1.29, 1.82) is 0 Å². The van der Waals surface area contributed by atoms with E-state index in [0.717, 1.165) is 45.3 Å². The molecule has 2 rings (SSSR count). The van der Waals surface area contributed by atoms with Crippen LogP contribution in [0.25, 0.3) is 0 Å². The molecule has 12 heavy (non-hydrogen) atoms. The third-order valence-electron chi connectivity index (χ3n) is 2.74. The maximum atomic E-state index is 9.73. The standard InChI is InChI=1S/C9H16O3/c10-8-4-3-7-12-9(8)5-1-2-6-11-9/h8,10H,1-7H2/t8-,9+/m1/s1. The van der Waals surface area contributed by atoms with E-state index in [0.29, 0.717) is 0 Å². The largest absolute Gasteiger partial charge is 0.388 e. The molecule has 0 bridgehead atoms. The van der Waals surface area contributed by atoms with Crippen molar-refractivity contribution >= 4 is 0 Å². The van der Waals surface area contributed by atoms with Gasteiger partial charge in [-0.3, -0.25) is 0 Å². The lowest BCUT2D eigenvalue weighted by Gasteiger charge is -2.43. The number of aliphatic hydroxyl groups excluding tert-OH is 1. The predicted molar refractivity (Wildman–Crippen MR) is 43.7 cm³/mol. The number of rotatable bonds is 0. The summed E-state index contributed by atoms with van der Waals surface area (Å²) < 4.78 is 11.1. The van der Waals surface area contributed by atoms with E-state index < -0.39 is 11.9 Å². The van der Waals surface area contributed by atoms with Gasteiger partial charge >= 0.3 is 0 Å². The fourth-order valence-corrected chi connectivity index (χ4v) is 2.00. The van der Waals surface area contributed by atoms with Gasteiger partial charge in [0.15, 0.2) is 5.79 Å². The zero-order chi connectivity index (χ0) is 8.44. The molecule has 0 radical (unpaired) electrons. The molecule has 0 aromatic heterocycles. The Kier molecular flexibility index (Phi) is 2.35. The molecule has 2 heterocycles. The van der Waals surface area contributed by atoms with Gasteiger partial charge in [0.05, 0.1) is 13.2 Å². The van der Waals surface area contributed by atoms with Gasteiger partial charge in [-0.1, -0.05) is 0 Å². The van der Waals surface area contributed by atoms with Crippen molar-refractivity contribution in [2.75, 3.05) is 13.2 Å². The minimum absolute atomic E-state index is 0.411. The second-order valence-corrected chi connectivity index (χ2v) is 3.62. The van der Waals surface area contributed by atoms with Crippen molar-refractivity contribution in [3.8, 4) is 0 Å². The first-order valence-corrected chi connectivity index (χ1v) is 4.79. The molecular formula is C9H16O3. The summed E-state index contributed by atoms with van der Waals surface area (Å²) in [6.07, 6.45) is 4.42. The molecule has 3 nitrogen and oxygen atoms in total. The van der Waals surface area contributed by atoms with Gasteiger partial charge in [-0.15, -0.1) is 0 Å². The van der Waals surface area contributed by atoms with Gasteiger partial charge in [0.2, 0.25) is 0 Å². The van der Waals surface area contributed by atoms with Crippen LogP contribution in [0.4, 0.5) is 0 Å². The summed E-state index contributed by atoms with van der Waals surface area (Å²) in [6, 6.07) is 0. The van der Waals surface area contributed by atoms with Crippen molar-refractivity contribution in [2.24, 2.45) is 0 Å². The van der Waals surface area contributed by atoms with Crippen LogP contribution in [0.15, 0.2) is 0 Å². The number of hydrogen-bond donors (Lipinski definition) is 1. The molecular weight excluding hydrogens is 156 g/mol. The molecule has 2 aliphatic heterocycles. The van der Waals surface area contributed by atoms with E-state index in [1.165, 1.54) is 0 Å². The minimum Gasteiger partial charge on any atom is -0.388 e. The summed E-state index contributed by atoms with van der Waals surface area (Å²) >= 11 is 0. The van der Waals surface area contributed by atoms with Crippen molar-refractivity contribution in [1.82, 2.24) is 0 Å². The average molecular weight is 172 g/mol. The van der Waals surface area contributed by atoms with Gasteiger partial charge in [-0.25, -0.2) is 0 Å². The highest BCUT2D eigenvalue weighted by Crippen LogP contribution is 2.34. The molecule has 2 saturated heterocycles. The Balaban J connectivity index is 2.04. The Morgan fingerprint density at radius 3 is 2.42 bits per heavy atom. The van der Waals surface area contributed by atoms with Gasteiger partial charge in [0.25, 0.3) is 0 Å². The van der Waals surface area contributed by atoms with Crippen LogP contribution in [0.5, 0.6) is 0 Å². The lowest BCUT2D eigenvalue weighted by molar-refractivity contribution is -0.314. The molecule has 2 fully saturated rings. The number of ether oxygens (including phenoxy) is 2. The highest BCUT2D eigenvalue weighted by atomic mass is 16.7. The predicted octanol–water partition coefficient (Wildman–Crippen LogP) is 1.05. The maximum absolute atomic E-state index is 9.73. The van der Waals surface area contributed by atoms with E-state index in [1.54, 1.807) is 0 Å². The Bertz CT molecular complexity index is 144. The third-order valence-corrected chi connectivity index (χ3v) is 2.74. The molecule has 2 aliphatic rings. The molecule has 3 heteroatoms. The van der Waals surface area contributed by atoms with Crippen LogP contribution in [0.3, 0.4) is 0 Å². The van der Waals surface area contributed by atoms with Gasteiger partial charge < -0.3 is 14.6 Å². The fraction of sp³-hybridized carbons (Fsp3) is 1.00. The average Bonchev–Trinajstić information content (AvgIpc) is 2.12. The Morgan fingerprint density at radius 2 is 1.83 bits per heavy atom. The molecule has 0 aromatic rings. The summed E-state index contributed by atoms with van der Waals surface area (Å²) in [5.74, 6) is -0.628. The van der Waals surface area contributed by atoms with Crippen LogP contribution in [0.1, 0.15) is 32.1 Å². The lowest BCUT2D eigenvalue weighted by Crippen LogP contribution is -2.52. The first kappa shape index (κ1) is 8.48. The second kappa shape index (κ2) is 3.32. The second-order valence-electron chi connectivity index (χ2n) is 3.62. The molecule has 1 spiro atoms. The van der Waals surface area contributed by atoms with Crippen LogP contribution in [-0.4, -0.2) is 30.2 Å². The van der Waals surface area contributed by atoms with Crippen LogP contribution in [0, 0.1) is 0 Å². The van der Waals surface area contributed by atoms with Gasteiger partial charge in [-0.2, -0.15) is 0 Å². The molecule has 1 N–H and O–H groups in total. The highest BCUT2D eigenvalue weighted by Gasteiger charge is 2.43. The molecule has 0 unspecified atom stereocenters. The summed E-state index contributed by atoms with van der Waals surface area (Å²) in [5.41, 5.74) is 0. The monoisotopic (exact) mass is 172 g/mol. The Morgan fingerprint density at radius 1 is 1.08 bits per heavy atom.